The van der Waals surface area contributed by atoms with Crippen LogP contribution in [-0.2, 0) is 17.9 Å². The van der Waals surface area contributed by atoms with Crippen LogP contribution in [0.15, 0.2) is 33.2 Å². The summed E-state index contributed by atoms with van der Waals surface area (Å²) in [5, 5.41) is 4.49. The predicted octanol–water partition coefficient (Wildman–Crippen LogP) is 2.55. The number of carbonyl (C=O) groups is 1. The molecule has 0 radical (unpaired) electrons. The number of amides is 1. The van der Waals surface area contributed by atoms with Gasteiger partial charge in [-0.2, -0.15) is 0 Å². The number of carbonyl (C=O) groups excluding carboxylic acids is 1. The van der Waals surface area contributed by atoms with Crippen LogP contribution in [0.5, 0.6) is 17.2 Å². The molecule has 0 spiro atoms. The van der Waals surface area contributed by atoms with E-state index in [1.807, 2.05) is 13.8 Å². The number of benzene rings is 1. The quantitative estimate of drug-likeness (QED) is 0.570. The second-order valence-corrected chi connectivity index (χ2v) is 8.19. The number of nitrogens with zero attached hydrogens (tertiary/aromatic N) is 2. The Balaban J connectivity index is 1.97. The minimum atomic E-state index is -0.510. The van der Waals surface area contributed by atoms with E-state index in [0.717, 1.165) is 0 Å². The molecule has 1 amide bonds. The van der Waals surface area contributed by atoms with Gasteiger partial charge in [0.2, 0.25) is 11.7 Å². The summed E-state index contributed by atoms with van der Waals surface area (Å²) in [7, 11) is 4.45. The third-order valence-electron chi connectivity index (χ3n) is 4.63. The molecule has 31 heavy (non-hydrogen) atoms. The highest BCUT2D eigenvalue weighted by Gasteiger charge is 2.18. The van der Waals surface area contributed by atoms with E-state index >= 15 is 0 Å². The Kier molecular flexibility index (Phi) is 6.69. The van der Waals surface area contributed by atoms with Crippen LogP contribution in [0.25, 0.3) is 10.2 Å². The topological polar surface area (TPSA) is 101 Å². The van der Waals surface area contributed by atoms with Crippen molar-refractivity contribution >= 4 is 33.1 Å². The number of methoxy groups -OCH3 is 3. The number of nitrogens with one attached hydrogen (secondary N) is 1. The fourth-order valence-electron chi connectivity index (χ4n) is 3.31. The molecule has 1 aromatic carbocycles. The molecule has 0 aliphatic carbocycles. The zero-order chi connectivity index (χ0) is 22.7. The first kappa shape index (κ1) is 22.4. The van der Waals surface area contributed by atoms with Gasteiger partial charge in [-0.1, -0.05) is 13.8 Å². The maximum absolute atomic E-state index is 13.0. The van der Waals surface area contributed by atoms with E-state index in [4.69, 9.17) is 14.2 Å². The molecule has 166 valence electrons. The summed E-state index contributed by atoms with van der Waals surface area (Å²) in [6.07, 6.45) is 0. The smallest absolute Gasteiger partial charge is 0.332 e. The van der Waals surface area contributed by atoms with Crippen LogP contribution in [0.1, 0.15) is 13.8 Å². The van der Waals surface area contributed by atoms with Crippen LogP contribution in [0, 0.1) is 5.92 Å². The van der Waals surface area contributed by atoms with Crippen molar-refractivity contribution in [2.24, 2.45) is 5.92 Å². The van der Waals surface area contributed by atoms with Crippen LogP contribution in [0.2, 0.25) is 0 Å². The molecular formula is C21H25N3O6S. The van der Waals surface area contributed by atoms with E-state index in [-0.39, 0.29) is 24.6 Å². The molecule has 2 heterocycles. The highest BCUT2D eigenvalue weighted by molar-refractivity contribution is 7.17. The Morgan fingerprint density at radius 2 is 1.71 bits per heavy atom. The van der Waals surface area contributed by atoms with Gasteiger partial charge in [-0.15, -0.1) is 11.3 Å². The fraction of sp³-hybridized carbons (Fsp3) is 0.381. The van der Waals surface area contributed by atoms with Crippen LogP contribution in [0.3, 0.4) is 0 Å². The lowest BCUT2D eigenvalue weighted by Gasteiger charge is -2.16. The second-order valence-electron chi connectivity index (χ2n) is 7.28. The zero-order valence-electron chi connectivity index (χ0n) is 18.1. The van der Waals surface area contributed by atoms with Gasteiger partial charge >= 0.3 is 5.69 Å². The molecule has 0 aliphatic rings. The van der Waals surface area contributed by atoms with Crippen LogP contribution in [-0.4, -0.2) is 36.4 Å². The van der Waals surface area contributed by atoms with Crippen molar-refractivity contribution in [3.8, 4) is 17.2 Å². The average Bonchev–Trinajstić information content (AvgIpc) is 3.23. The molecule has 0 saturated heterocycles. The molecule has 3 aromatic rings. The van der Waals surface area contributed by atoms with E-state index in [1.54, 1.807) is 23.6 Å². The SMILES string of the molecule is COc1cc(NC(=O)Cn2c(=O)n(CC(C)C)c(=O)c3sccc32)cc(OC)c1OC. The summed E-state index contributed by atoms with van der Waals surface area (Å²) in [5.41, 5.74) is 0.0271. The number of anilines is 1. The predicted molar refractivity (Wildman–Crippen MR) is 120 cm³/mol. The molecular weight excluding hydrogens is 422 g/mol. The Morgan fingerprint density at radius 1 is 1.06 bits per heavy atom. The zero-order valence-corrected chi connectivity index (χ0v) is 18.9. The van der Waals surface area contributed by atoms with E-state index < -0.39 is 11.6 Å². The van der Waals surface area contributed by atoms with Crippen molar-refractivity contribution in [2.75, 3.05) is 26.6 Å². The van der Waals surface area contributed by atoms with Crippen molar-refractivity contribution in [3.05, 3.63) is 44.4 Å². The summed E-state index contributed by atoms with van der Waals surface area (Å²) in [6.45, 7) is 3.87. The molecule has 0 atom stereocenters. The molecule has 10 heteroatoms. The van der Waals surface area contributed by atoms with Crippen molar-refractivity contribution < 1.29 is 19.0 Å². The molecule has 2 aromatic heterocycles. The standard InChI is InChI=1S/C21H25N3O6S/c1-12(2)10-24-20(26)19-14(6-7-31-19)23(21(24)27)11-17(25)22-13-8-15(28-3)18(30-5)16(9-13)29-4/h6-9,12H,10-11H2,1-5H3,(H,22,25). The average molecular weight is 448 g/mol. The molecule has 3 rings (SSSR count). The highest BCUT2D eigenvalue weighted by atomic mass is 32.1. The second kappa shape index (κ2) is 9.25. The summed E-state index contributed by atoms with van der Waals surface area (Å²) >= 11 is 1.25. The molecule has 0 fully saturated rings. The largest absolute Gasteiger partial charge is 0.493 e. The van der Waals surface area contributed by atoms with Crippen molar-refractivity contribution in [1.82, 2.24) is 9.13 Å². The van der Waals surface area contributed by atoms with Gasteiger partial charge in [0, 0.05) is 24.4 Å². The van der Waals surface area contributed by atoms with Gasteiger partial charge in [-0.25, -0.2) is 4.79 Å². The molecule has 1 N–H and O–H groups in total. The minimum absolute atomic E-state index is 0.101. The number of fused-ring (bicyclic) bond motifs is 1. The number of hydrogen-bond donors (Lipinski definition) is 1. The summed E-state index contributed by atoms with van der Waals surface area (Å²) in [6, 6.07) is 4.87. The molecule has 0 saturated carbocycles. The Labute approximate surface area is 182 Å². The van der Waals surface area contributed by atoms with E-state index in [1.165, 1.54) is 41.8 Å². The number of rotatable bonds is 8. The Morgan fingerprint density at radius 3 is 2.26 bits per heavy atom. The number of hydrogen-bond acceptors (Lipinski definition) is 7. The lowest BCUT2D eigenvalue weighted by molar-refractivity contribution is -0.116. The van der Waals surface area contributed by atoms with Gasteiger partial charge < -0.3 is 19.5 Å². The first-order chi connectivity index (χ1) is 14.8. The van der Waals surface area contributed by atoms with E-state index in [0.29, 0.717) is 33.2 Å². The summed E-state index contributed by atoms with van der Waals surface area (Å²) < 4.78 is 18.9. The first-order valence-corrected chi connectivity index (χ1v) is 10.5. The van der Waals surface area contributed by atoms with Crippen molar-refractivity contribution in [3.63, 3.8) is 0 Å². The fourth-order valence-corrected chi connectivity index (χ4v) is 4.15. The van der Waals surface area contributed by atoms with Crippen molar-refractivity contribution in [2.45, 2.75) is 26.9 Å². The van der Waals surface area contributed by atoms with Crippen LogP contribution >= 0.6 is 11.3 Å². The van der Waals surface area contributed by atoms with Gasteiger partial charge in [0.05, 0.1) is 26.8 Å². The lowest BCUT2D eigenvalue weighted by Crippen LogP contribution is -2.42. The molecule has 0 aliphatic heterocycles. The number of thiophene rings is 1. The molecule has 0 bridgehead atoms. The van der Waals surface area contributed by atoms with E-state index in [2.05, 4.69) is 5.32 Å². The number of ether oxygens (including phenoxy) is 3. The maximum Gasteiger partial charge on any atom is 0.332 e. The van der Waals surface area contributed by atoms with Crippen LogP contribution in [0.4, 0.5) is 5.69 Å². The lowest BCUT2D eigenvalue weighted by atomic mass is 10.2. The van der Waals surface area contributed by atoms with Gasteiger partial charge in [0.1, 0.15) is 11.2 Å². The van der Waals surface area contributed by atoms with E-state index in [9.17, 15) is 14.4 Å². The maximum atomic E-state index is 13.0. The molecule has 0 unspecified atom stereocenters. The monoisotopic (exact) mass is 447 g/mol. The van der Waals surface area contributed by atoms with Gasteiger partial charge in [0.25, 0.3) is 5.56 Å². The van der Waals surface area contributed by atoms with Crippen molar-refractivity contribution in [1.29, 1.82) is 0 Å². The van der Waals surface area contributed by atoms with Gasteiger partial charge in [-0.05, 0) is 17.4 Å². The Bertz CT molecular complexity index is 1200. The number of aromatic nitrogens is 2. The summed E-state index contributed by atoms with van der Waals surface area (Å²) in [5.74, 6) is 0.850. The first-order valence-electron chi connectivity index (χ1n) is 9.61. The van der Waals surface area contributed by atoms with Crippen LogP contribution < -0.4 is 30.8 Å². The highest BCUT2D eigenvalue weighted by Crippen LogP contribution is 2.39. The summed E-state index contributed by atoms with van der Waals surface area (Å²) in [4.78, 5) is 38.5. The normalized spacial score (nSPS) is 11.0. The minimum Gasteiger partial charge on any atom is -0.493 e. The van der Waals surface area contributed by atoms with Gasteiger partial charge in [0.15, 0.2) is 11.5 Å². The molecule has 9 nitrogen and oxygen atoms in total. The third-order valence-corrected chi connectivity index (χ3v) is 5.53. The van der Waals surface area contributed by atoms with Gasteiger partial charge in [-0.3, -0.25) is 18.7 Å². The third kappa shape index (κ3) is 4.43. The Hall–Kier alpha value is -3.27.